The number of ether oxygens (including phenoxy) is 1. The molecule has 2 N–H and O–H groups in total. The van der Waals surface area contributed by atoms with Gasteiger partial charge in [-0.05, 0) is 12.8 Å². The lowest BCUT2D eigenvalue weighted by molar-refractivity contribution is 0.125. The number of rotatable bonds is 22. The van der Waals surface area contributed by atoms with Gasteiger partial charge in [-0.3, -0.25) is 9.11 Å². The van der Waals surface area contributed by atoms with Crippen LogP contribution in [0.3, 0.4) is 0 Å². The molecule has 0 rings (SSSR count). The number of hydrogen-bond donors (Lipinski definition) is 2. The summed E-state index contributed by atoms with van der Waals surface area (Å²) in [6, 6.07) is 0. The topological polar surface area (TPSA) is 83.8 Å². The van der Waals surface area contributed by atoms with E-state index < -0.39 is 10.4 Å². The molecule has 0 aliphatic carbocycles. The normalized spacial score (nSPS) is 11.0. The van der Waals surface area contributed by atoms with Crippen LogP contribution in [0.1, 0.15) is 142 Å². The Morgan fingerprint density at radius 1 is 0.484 bits per heavy atom. The third kappa shape index (κ3) is 48.8. The highest BCUT2D eigenvalue weighted by Gasteiger charge is 1.95. The van der Waals surface area contributed by atoms with Gasteiger partial charge in [0.1, 0.15) is 0 Å². The Kier molecular flexibility index (Phi) is 35.2. The van der Waals surface area contributed by atoms with Gasteiger partial charge in [-0.25, -0.2) is 0 Å². The summed E-state index contributed by atoms with van der Waals surface area (Å²) in [4.78, 5) is 0. The Labute approximate surface area is 205 Å². The average molecular weight is 483 g/mol. The van der Waals surface area contributed by atoms with Crippen molar-refractivity contribution in [2.75, 3.05) is 13.2 Å². The Morgan fingerprint density at radius 2 is 0.677 bits per heavy atom. The molecule has 0 aromatic heterocycles. The second-order valence-corrected chi connectivity index (χ2v) is 9.32. The Balaban J connectivity index is -0.00000116. The van der Waals surface area contributed by atoms with Crippen molar-refractivity contribution < 1.29 is 22.3 Å². The maximum absolute atomic E-state index is 8.74. The largest absolute Gasteiger partial charge is 0.394 e. The lowest BCUT2D eigenvalue weighted by Crippen LogP contribution is -1.97. The number of hydrogen-bond acceptors (Lipinski definition) is 3. The molecule has 0 fully saturated rings. The minimum absolute atomic E-state index is 0. The summed E-state index contributed by atoms with van der Waals surface area (Å²) in [6.07, 6.45) is 28.2. The highest BCUT2D eigenvalue weighted by atomic mass is 32.3. The van der Waals surface area contributed by atoms with Crippen LogP contribution in [0.4, 0.5) is 0 Å². The highest BCUT2D eigenvalue weighted by molar-refractivity contribution is 7.79. The molecule has 0 bridgehead atoms. The van der Waals surface area contributed by atoms with Crippen LogP contribution in [-0.2, 0) is 15.1 Å². The molecule has 0 unspecified atom stereocenters. The minimum Gasteiger partial charge on any atom is -0.381 e. The maximum Gasteiger partial charge on any atom is 0.394 e. The zero-order valence-corrected chi connectivity index (χ0v) is 20.9. The molecular formula is C24H55AlO5S. The Morgan fingerprint density at radius 3 is 0.903 bits per heavy atom. The number of unbranched alkanes of at least 4 members (excludes halogenated alkanes) is 18. The van der Waals surface area contributed by atoms with E-state index in [1.54, 1.807) is 0 Å². The van der Waals surface area contributed by atoms with Crippen LogP contribution >= 0.6 is 0 Å². The maximum atomic E-state index is 8.74. The van der Waals surface area contributed by atoms with Crippen molar-refractivity contribution in [2.24, 2.45) is 0 Å². The van der Waals surface area contributed by atoms with E-state index in [4.69, 9.17) is 22.3 Å². The first kappa shape index (κ1) is 35.9. The van der Waals surface area contributed by atoms with E-state index in [-0.39, 0.29) is 17.4 Å². The molecule has 0 aliphatic rings. The second-order valence-electron chi connectivity index (χ2n) is 8.42. The lowest BCUT2D eigenvalue weighted by atomic mass is 10.1. The van der Waals surface area contributed by atoms with Gasteiger partial charge in [0.25, 0.3) is 0 Å². The van der Waals surface area contributed by atoms with Gasteiger partial charge in [-0.1, -0.05) is 129 Å². The van der Waals surface area contributed by atoms with E-state index in [0.29, 0.717) is 0 Å². The summed E-state index contributed by atoms with van der Waals surface area (Å²) >= 11 is 0. The van der Waals surface area contributed by atoms with E-state index in [1.807, 2.05) is 0 Å². The standard InChI is InChI=1S/C24H50O.Al.H2O4S.3H/c1-3-5-7-9-11-13-15-17-19-21-23-25-24-22-20-18-16-14-12-10-8-6-4-2;;1-5(2,3)4;;;/h3-24H2,1-2H3;;(H2,1,2,3,4);;;. The molecule has 0 aromatic carbocycles. The van der Waals surface area contributed by atoms with E-state index >= 15 is 0 Å². The summed E-state index contributed by atoms with van der Waals surface area (Å²) in [7, 11) is -4.67. The molecule has 0 heterocycles. The summed E-state index contributed by atoms with van der Waals surface area (Å²) in [5.41, 5.74) is 0. The fraction of sp³-hybridized carbons (Fsp3) is 1.00. The summed E-state index contributed by atoms with van der Waals surface area (Å²) in [5, 5.41) is 0. The minimum atomic E-state index is -4.67. The first-order valence-corrected chi connectivity index (χ1v) is 14.1. The molecule has 0 amide bonds. The third-order valence-electron chi connectivity index (χ3n) is 5.28. The van der Waals surface area contributed by atoms with Crippen molar-refractivity contribution in [2.45, 2.75) is 142 Å². The van der Waals surface area contributed by atoms with Crippen molar-refractivity contribution in [3.05, 3.63) is 0 Å². The molecule has 7 heteroatoms. The monoisotopic (exact) mass is 482 g/mol. The van der Waals surface area contributed by atoms with Crippen LogP contribution in [0, 0.1) is 0 Å². The van der Waals surface area contributed by atoms with Crippen molar-refractivity contribution in [1.29, 1.82) is 0 Å². The van der Waals surface area contributed by atoms with Gasteiger partial charge in [-0.15, -0.1) is 0 Å². The van der Waals surface area contributed by atoms with Crippen LogP contribution < -0.4 is 0 Å². The van der Waals surface area contributed by atoms with Crippen molar-refractivity contribution in [3.63, 3.8) is 0 Å². The molecular weight excluding hydrogens is 427 g/mol. The van der Waals surface area contributed by atoms with Crippen LogP contribution in [0.25, 0.3) is 0 Å². The lowest BCUT2D eigenvalue weighted by Gasteiger charge is -2.05. The zero-order valence-electron chi connectivity index (χ0n) is 20.1. The molecule has 0 atom stereocenters. The molecule has 31 heavy (non-hydrogen) atoms. The molecule has 0 saturated heterocycles. The predicted octanol–water partition coefficient (Wildman–Crippen LogP) is 7.01. The van der Waals surface area contributed by atoms with Crippen LogP contribution in [-0.4, -0.2) is 48.1 Å². The van der Waals surface area contributed by atoms with E-state index in [9.17, 15) is 0 Å². The van der Waals surface area contributed by atoms with Gasteiger partial charge in [0.05, 0.1) is 0 Å². The predicted molar refractivity (Wildman–Crippen MR) is 139 cm³/mol. The van der Waals surface area contributed by atoms with Crippen molar-refractivity contribution in [3.8, 4) is 0 Å². The van der Waals surface area contributed by atoms with Crippen LogP contribution in [0.15, 0.2) is 0 Å². The highest BCUT2D eigenvalue weighted by Crippen LogP contribution is 2.12. The molecule has 0 aromatic rings. The van der Waals surface area contributed by atoms with Gasteiger partial charge < -0.3 is 4.74 Å². The van der Waals surface area contributed by atoms with Crippen molar-refractivity contribution in [1.82, 2.24) is 0 Å². The van der Waals surface area contributed by atoms with E-state index in [2.05, 4.69) is 13.8 Å². The second kappa shape index (κ2) is 30.4. The Bertz CT molecular complexity index is 375. The SMILES string of the molecule is CCCCCCCCCCCCOCCCCCCCCCCCC.O=S(=O)(O)O.[AlH3]. The average Bonchev–Trinajstić information content (AvgIpc) is 2.68. The van der Waals surface area contributed by atoms with Gasteiger partial charge in [0.15, 0.2) is 17.4 Å². The zero-order chi connectivity index (χ0) is 22.8. The van der Waals surface area contributed by atoms with Crippen molar-refractivity contribution >= 4 is 27.8 Å². The molecule has 5 nitrogen and oxygen atoms in total. The third-order valence-corrected chi connectivity index (χ3v) is 5.28. The molecule has 0 saturated carbocycles. The van der Waals surface area contributed by atoms with Gasteiger partial charge in [0.2, 0.25) is 0 Å². The smallest absolute Gasteiger partial charge is 0.381 e. The van der Waals surface area contributed by atoms with Gasteiger partial charge in [-0.2, -0.15) is 8.42 Å². The fourth-order valence-corrected chi connectivity index (χ4v) is 3.49. The Hall–Kier alpha value is 0.362. The molecule has 0 radical (unpaired) electrons. The summed E-state index contributed by atoms with van der Waals surface area (Å²) in [5.74, 6) is 0. The van der Waals surface area contributed by atoms with Gasteiger partial charge in [0, 0.05) is 13.2 Å². The van der Waals surface area contributed by atoms with E-state index in [0.717, 1.165) is 13.2 Å². The summed E-state index contributed by atoms with van der Waals surface area (Å²) in [6.45, 7) is 6.57. The molecule has 0 aliphatic heterocycles. The van der Waals surface area contributed by atoms with Crippen LogP contribution in [0.2, 0.25) is 0 Å². The van der Waals surface area contributed by atoms with Crippen LogP contribution in [0.5, 0.6) is 0 Å². The first-order chi connectivity index (χ1) is 14.4. The summed E-state index contributed by atoms with van der Waals surface area (Å²) < 4.78 is 37.4. The van der Waals surface area contributed by atoms with E-state index in [1.165, 1.54) is 128 Å². The van der Waals surface area contributed by atoms with Gasteiger partial charge >= 0.3 is 10.4 Å². The first-order valence-electron chi connectivity index (χ1n) is 12.7. The molecule has 0 spiro atoms. The molecule has 190 valence electrons. The quantitative estimate of drug-likeness (QED) is 0.0985. The fourth-order valence-electron chi connectivity index (χ4n) is 3.49.